The lowest BCUT2D eigenvalue weighted by atomic mass is 10.1. The summed E-state index contributed by atoms with van der Waals surface area (Å²) in [7, 11) is 0. The topological polar surface area (TPSA) is 62.5 Å². The van der Waals surface area contributed by atoms with Gasteiger partial charge in [-0.1, -0.05) is 6.07 Å². The van der Waals surface area contributed by atoms with Gasteiger partial charge in [-0.3, -0.25) is 0 Å². The summed E-state index contributed by atoms with van der Waals surface area (Å²) in [5.74, 6) is 1.38. The number of benzene rings is 1. The summed E-state index contributed by atoms with van der Waals surface area (Å²) in [6, 6.07) is 7.97. The highest BCUT2D eigenvalue weighted by molar-refractivity contribution is 7.99. The van der Waals surface area contributed by atoms with E-state index in [2.05, 4.69) is 5.32 Å². The van der Waals surface area contributed by atoms with Gasteiger partial charge in [0.15, 0.2) is 0 Å². The minimum Gasteiger partial charge on any atom is -0.475 e. The van der Waals surface area contributed by atoms with Crippen LogP contribution in [0.25, 0.3) is 11.0 Å². The number of nitrogens with one attached hydrogen (secondary N) is 1. The van der Waals surface area contributed by atoms with E-state index in [0.717, 1.165) is 17.5 Å². The van der Waals surface area contributed by atoms with Crippen LogP contribution in [0, 0.1) is 0 Å². The molecule has 2 N–H and O–H groups in total. The Hall–Kier alpha value is -1.46. The van der Waals surface area contributed by atoms with Crippen LogP contribution in [-0.4, -0.2) is 28.6 Å². The summed E-state index contributed by atoms with van der Waals surface area (Å²) < 4.78 is 5.24. The van der Waals surface area contributed by atoms with E-state index in [1.807, 2.05) is 30.0 Å². The van der Waals surface area contributed by atoms with Gasteiger partial charge in [0, 0.05) is 23.7 Å². The Bertz CT molecular complexity index is 602. The van der Waals surface area contributed by atoms with Crippen molar-refractivity contribution in [2.45, 2.75) is 19.0 Å². The fourth-order valence-electron chi connectivity index (χ4n) is 2.27. The highest BCUT2D eigenvalue weighted by Crippen LogP contribution is 2.22. The minimum atomic E-state index is -1.03. The van der Waals surface area contributed by atoms with Gasteiger partial charge in [0.05, 0.1) is 0 Å². The van der Waals surface area contributed by atoms with Gasteiger partial charge < -0.3 is 14.8 Å². The molecule has 1 aromatic carbocycles. The van der Waals surface area contributed by atoms with Crippen molar-refractivity contribution in [1.82, 2.24) is 5.32 Å². The van der Waals surface area contributed by atoms with Crippen LogP contribution < -0.4 is 5.32 Å². The second kappa shape index (κ2) is 5.27. The van der Waals surface area contributed by atoms with E-state index in [1.54, 1.807) is 6.07 Å². The van der Waals surface area contributed by atoms with Gasteiger partial charge in [-0.2, -0.15) is 11.8 Å². The van der Waals surface area contributed by atoms with Crippen molar-refractivity contribution >= 4 is 28.7 Å². The van der Waals surface area contributed by atoms with Crippen LogP contribution >= 0.6 is 11.8 Å². The molecule has 1 unspecified atom stereocenters. The van der Waals surface area contributed by atoms with Gasteiger partial charge in [0.1, 0.15) is 5.58 Å². The maximum Gasteiger partial charge on any atom is 0.371 e. The molecular weight excluding hydrogens is 262 g/mol. The van der Waals surface area contributed by atoms with Crippen molar-refractivity contribution in [2.75, 3.05) is 11.5 Å². The van der Waals surface area contributed by atoms with Crippen LogP contribution in [0.4, 0.5) is 0 Å². The Kier molecular flexibility index (Phi) is 3.48. The van der Waals surface area contributed by atoms with E-state index in [9.17, 15) is 4.79 Å². The molecule has 1 aromatic heterocycles. The van der Waals surface area contributed by atoms with Gasteiger partial charge in [0.2, 0.25) is 5.76 Å². The van der Waals surface area contributed by atoms with E-state index in [0.29, 0.717) is 11.6 Å². The number of hydrogen-bond acceptors (Lipinski definition) is 4. The molecule has 0 bridgehead atoms. The van der Waals surface area contributed by atoms with Crippen LogP contribution in [-0.2, 0) is 6.54 Å². The van der Waals surface area contributed by atoms with Crippen LogP contribution in [0.15, 0.2) is 28.7 Å². The first-order valence-corrected chi connectivity index (χ1v) is 7.45. The molecule has 5 heteroatoms. The summed E-state index contributed by atoms with van der Waals surface area (Å²) in [6.07, 6.45) is 1.22. The number of thioether (sulfide) groups is 1. The van der Waals surface area contributed by atoms with Crippen molar-refractivity contribution in [3.63, 3.8) is 0 Å². The van der Waals surface area contributed by atoms with Crippen molar-refractivity contribution in [1.29, 1.82) is 0 Å². The van der Waals surface area contributed by atoms with Crippen molar-refractivity contribution in [3.8, 4) is 0 Å². The zero-order valence-electron chi connectivity index (χ0n) is 10.4. The molecule has 2 aromatic rings. The highest BCUT2D eigenvalue weighted by atomic mass is 32.2. The van der Waals surface area contributed by atoms with Crippen molar-refractivity contribution in [2.24, 2.45) is 0 Å². The number of carboxylic acid groups (broad SMARTS) is 1. The smallest absolute Gasteiger partial charge is 0.371 e. The fraction of sp³-hybridized carbons (Fsp3) is 0.357. The van der Waals surface area contributed by atoms with E-state index in [-0.39, 0.29) is 5.76 Å². The molecule has 0 spiro atoms. The summed E-state index contributed by atoms with van der Waals surface area (Å²) in [6.45, 7) is 0.814. The largest absolute Gasteiger partial charge is 0.475 e. The van der Waals surface area contributed by atoms with Crippen molar-refractivity contribution in [3.05, 3.63) is 35.6 Å². The number of rotatable bonds is 4. The molecule has 100 valence electrons. The first kappa shape index (κ1) is 12.6. The first-order chi connectivity index (χ1) is 9.22. The second-order valence-corrected chi connectivity index (χ2v) is 5.88. The molecule has 0 radical (unpaired) electrons. The predicted molar refractivity (Wildman–Crippen MR) is 75.7 cm³/mol. The molecule has 0 amide bonds. The Morgan fingerprint density at radius 2 is 2.37 bits per heavy atom. The predicted octanol–water partition coefficient (Wildman–Crippen LogP) is 2.73. The van der Waals surface area contributed by atoms with Gasteiger partial charge in [-0.15, -0.1) is 0 Å². The molecule has 1 aliphatic heterocycles. The van der Waals surface area contributed by atoms with Crippen LogP contribution in [0.5, 0.6) is 0 Å². The molecule has 3 rings (SSSR count). The maximum atomic E-state index is 10.8. The number of carbonyl (C=O) groups is 1. The number of hydrogen-bond donors (Lipinski definition) is 2. The number of aromatic carboxylic acids is 1. The molecule has 2 heterocycles. The zero-order valence-corrected chi connectivity index (χ0v) is 11.2. The average Bonchev–Trinajstić information content (AvgIpc) is 3.04. The maximum absolute atomic E-state index is 10.8. The molecular formula is C14H15NO3S. The summed E-state index contributed by atoms with van der Waals surface area (Å²) in [5.41, 5.74) is 1.78. The quantitative estimate of drug-likeness (QED) is 0.899. The summed E-state index contributed by atoms with van der Waals surface area (Å²) in [4.78, 5) is 10.8. The Morgan fingerprint density at radius 1 is 1.47 bits per heavy atom. The first-order valence-electron chi connectivity index (χ1n) is 6.29. The van der Waals surface area contributed by atoms with Gasteiger partial charge in [-0.25, -0.2) is 4.79 Å². The molecule has 0 saturated carbocycles. The van der Waals surface area contributed by atoms with Crippen LogP contribution in [0.2, 0.25) is 0 Å². The van der Waals surface area contributed by atoms with E-state index < -0.39 is 5.97 Å². The fourth-order valence-corrected chi connectivity index (χ4v) is 3.45. The standard InChI is InChI=1S/C14H15NO3S/c16-14(17)13-6-10-5-9(1-2-12(10)18-13)7-15-11-3-4-19-8-11/h1-2,5-6,11,15H,3-4,7-8H2,(H,16,17). The summed E-state index contributed by atoms with van der Waals surface area (Å²) >= 11 is 1.98. The second-order valence-electron chi connectivity index (χ2n) is 4.73. The molecule has 1 fully saturated rings. The third kappa shape index (κ3) is 2.77. The average molecular weight is 277 g/mol. The molecule has 1 atom stereocenters. The monoisotopic (exact) mass is 277 g/mol. The van der Waals surface area contributed by atoms with E-state index in [1.165, 1.54) is 17.9 Å². The Labute approximate surface area is 115 Å². The van der Waals surface area contributed by atoms with Gasteiger partial charge >= 0.3 is 5.97 Å². The Morgan fingerprint density at radius 3 is 3.11 bits per heavy atom. The van der Waals surface area contributed by atoms with Crippen molar-refractivity contribution < 1.29 is 14.3 Å². The number of carboxylic acids is 1. The summed E-state index contributed by atoms with van der Waals surface area (Å²) in [5, 5.41) is 13.3. The third-order valence-corrected chi connectivity index (χ3v) is 4.48. The van der Waals surface area contributed by atoms with Crippen LogP contribution in [0.1, 0.15) is 22.5 Å². The molecule has 1 saturated heterocycles. The SMILES string of the molecule is O=C(O)c1cc2cc(CNC3CCSC3)ccc2o1. The lowest BCUT2D eigenvalue weighted by Gasteiger charge is -2.10. The lowest BCUT2D eigenvalue weighted by molar-refractivity contribution is 0.0665. The van der Waals surface area contributed by atoms with E-state index >= 15 is 0 Å². The number of fused-ring (bicyclic) bond motifs is 1. The number of furan rings is 1. The van der Waals surface area contributed by atoms with Gasteiger partial charge in [-0.05, 0) is 35.9 Å². The molecule has 19 heavy (non-hydrogen) atoms. The lowest BCUT2D eigenvalue weighted by Crippen LogP contribution is -2.27. The normalized spacial score (nSPS) is 19.1. The molecule has 0 aliphatic carbocycles. The minimum absolute atomic E-state index is 0.00713. The van der Waals surface area contributed by atoms with Crippen LogP contribution in [0.3, 0.4) is 0 Å². The molecule has 4 nitrogen and oxygen atoms in total. The van der Waals surface area contributed by atoms with E-state index in [4.69, 9.17) is 9.52 Å². The molecule has 1 aliphatic rings. The third-order valence-electron chi connectivity index (χ3n) is 3.32. The Balaban J connectivity index is 1.74. The van der Waals surface area contributed by atoms with Gasteiger partial charge in [0.25, 0.3) is 0 Å². The highest BCUT2D eigenvalue weighted by Gasteiger charge is 2.15. The zero-order chi connectivity index (χ0) is 13.2.